The summed E-state index contributed by atoms with van der Waals surface area (Å²) in [7, 11) is 0. The van der Waals surface area contributed by atoms with Crippen molar-refractivity contribution in [1.82, 2.24) is 20.5 Å². The molecule has 228 valence electrons. The highest BCUT2D eigenvalue weighted by Gasteiger charge is 2.42. The van der Waals surface area contributed by atoms with Crippen LogP contribution in [0.3, 0.4) is 0 Å². The number of nitrogens with one attached hydrogen (secondary N) is 2. The Morgan fingerprint density at radius 1 is 0.955 bits per heavy atom. The Balaban J connectivity index is 1.23. The van der Waals surface area contributed by atoms with E-state index in [1.807, 2.05) is 30.3 Å². The largest absolute Gasteiger partial charge is 0.480 e. The van der Waals surface area contributed by atoms with Crippen molar-refractivity contribution in [1.29, 1.82) is 0 Å². The fourth-order valence-corrected chi connectivity index (χ4v) is 6.47. The maximum Gasteiger partial charge on any atom is 0.326 e. The van der Waals surface area contributed by atoms with Crippen LogP contribution in [0.2, 0.25) is 0 Å². The molecule has 1 atom stereocenters. The first kappa shape index (κ1) is 29.3. The molecule has 4 heterocycles. The van der Waals surface area contributed by atoms with Gasteiger partial charge in [0.25, 0.3) is 5.91 Å². The predicted octanol–water partition coefficient (Wildman–Crippen LogP) is 3.46. The minimum absolute atomic E-state index is 0.0518. The minimum Gasteiger partial charge on any atom is -0.480 e. The Morgan fingerprint density at radius 2 is 1.75 bits per heavy atom. The van der Waals surface area contributed by atoms with Gasteiger partial charge in [-0.2, -0.15) is 0 Å². The van der Waals surface area contributed by atoms with Crippen molar-refractivity contribution in [2.24, 2.45) is 5.41 Å². The lowest BCUT2D eigenvalue weighted by molar-refractivity contribution is -0.142. The zero-order chi connectivity index (χ0) is 30.7. The van der Waals surface area contributed by atoms with Gasteiger partial charge < -0.3 is 25.4 Å². The second kappa shape index (κ2) is 12.5. The number of carbonyl (C=O) groups excluding carboxylic acids is 3. The summed E-state index contributed by atoms with van der Waals surface area (Å²) in [6.07, 6.45) is 6.01. The molecule has 10 nitrogen and oxygen atoms in total. The Labute approximate surface area is 255 Å². The number of pyridine rings is 1. The Bertz CT molecular complexity index is 1580. The number of aryl methyl sites for hydroxylation is 2. The Morgan fingerprint density at radius 3 is 2.52 bits per heavy atom. The molecule has 0 unspecified atom stereocenters. The summed E-state index contributed by atoms with van der Waals surface area (Å²) < 4.78 is 6.09. The van der Waals surface area contributed by atoms with Gasteiger partial charge in [-0.25, -0.2) is 4.79 Å². The lowest BCUT2D eigenvalue weighted by atomic mass is 9.72. The number of fused-ring (bicyclic) bond motifs is 10. The Hall–Kier alpha value is -4.73. The molecule has 10 heteroatoms. The highest BCUT2D eigenvalue weighted by Crippen LogP contribution is 2.37. The normalized spacial score (nSPS) is 20.1. The van der Waals surface area contributed by atoms with E-state index in [0.717, 1.165) is 41.6 Å². The van der Waals surface area contributed by atoms with Gasteiger partial charge in [-0.15, -0.1) is 0 Å². The van der Waals surface area contributed by atoms with Crippen LogP contribution in [0, 0.1) is 5.41 Å². The molecule has 4 bridgehead atoms. The Kier molecular flexibility index (Phi) is 8.32. The van der Waals surface area contributed by atoms with Gasteiger partial charge in [0.2, 0.25) is 11.8 Å². The predicted molar refractivity (Wildman–Crippen MR) is 161 cm³/mol. The van der Waals surface area contributed by atoms with E-state index in [1.54, 1.807) is 35.4 Å². The number of nitrogens with zero attached hydrogens (tertiary/aromatic N) is 2. The van der Waals surface area contributed by atoms with Crippen molar-refractivity contribution in [2.45, 2.75) is 57.4 Å². The molecule has 0 radical (unpaired) electrons. The third-order valence-corrected chi connectivity index (χ3v) is 8.97. The number of carbonyl (C=O) groups is 4. The van der Waals surface area contributed by atoms with E-state index in [2.05, 4.69) is 15.6 Å². The molecule has 1 spiro atoms. The van der Waals surface area contributed by atoms with Gasteiger partial charge >= 0.3 is 5.97 Å². The molecule has 0 saturated carbocycles. The van der Waals surface area contributed by atoms with Crippen LogP contribution >= 0.6 is 0 Å². The molecule has 2 aromatic carbocycles. The number of benzene rings is 2. The van der Waals surface area contributed by atoms with Crippen molar-refractivity contribution in [3.63, 3.8) is 0 Å². The number of ether oxygens (including phenoxy) is 1. The molecule has 4 aliphatic rings. The van der Waals surface area contributed by atoms with Gasteiger partial charge in [0.1, 0.15) is 17.5 Å². The molecule has 1 fully saturated rings. The number of aliphatic carboxylic acids is 1. The van der Waals surface area contributed by atoms with Crippen LogP contribution in [0.4, 0.5) is 0 Å². The number of amides is 3. The third kappa shape index (κ3) is 6.44. The molecule has 3 aliphatic heterocycles. The standard InChI is InChI=1S/C34H36N4O6/c39-30-11-14-35-33(43)34(12-15-38(16-13-34)31(40)25-19-24-4-2-6-28(24)36-21-25)20-23-3-1-5-27(17-23)44-26-9-7-22(8-10-26)18-29(37-30)32(41)42/h1,3,5,7-10,17,19,21,29H,2,4,6,11-16,18,20H2,(H,35,43)(H,37,39)(H,41,42)/t29-/m0/s1. The molecule has 1 aliphatic carbocycles. The summed E-state index contributed by atoms with van der Waals surface area (Å²) >= 11 is 0. The van der Waals surface area contributed by atoms with Crippen LogP contribution < -0.4 is 15.4 Å². The molecule has 1 aromatic heterocycles. The number of piperidine rings is 1. The SMILES string of the molecule is O=C1CCNC(=O)C2(CCN(C(=O)c3cnc4c(c3)CCC4)CC2)Cc2cccc(c2)Oc2ccc(cc2)C[C@@H](C(=O)O)N1. The van der Waals surface area contributed by atoms with Gasteiger partial charge in [0, 0.05) is 44.4 Å². The summed E-state index contributed by atoms with van der Waals surface area (Å²) in [6.45, 7) is 0.888. The molecule has 44 heavy (non-hydrogen) atoms. The van der Waals surface area contributed by atoms with Crippen molar-refractivity contribution < 1.29 is 29.0 Å². The zero-order valence-corrected chi connectivity index (χ0v) is 24.5. The van der Waals surface area contributed by atoms with Crippen molar-refractivity contribution in [3.8, 4) is 11.5 Å². The summed E-state index contributed by atoms with van der Waals surface area (Å²) in [5.41, 5.74) is 3.66. The second-order valence-electron chi connectivity index (χ2n) is 12.0. The second-order valence-corrected chi connectivity index (χ2v) is 12.0. The van der Waals surface area contributed by atoms with Crippen LogP contribution in [0.25, 0.3) is 0 Å². The number of hydrogen-bond acceptors (Lipinski definition) is 6. The number of hydrogen-bond donors (Lipinski definition) is 3. The summed E-state index contributed by atoms with van der Waals surface area (Å²) in [6, 6.07) is 15.6. The molecule has 3 amide bonds. The highest BCUT2D eigenvalue weighted by molar-refractivity contribution is 5.94. The summed E-state index contributed by atoms with van der Waals surface area (Å²) in [4.78, 5) is 58.1. The average molecular weight is 597 g/mol. The molecular formula is C34H36N4O6. The van der Waals surface area contributed by atoms with Crippen molar-refractivity contribution in [2.75, 3.05) is 19.6 Å². The monoisotopic (exact) mass is 596 g/mol. The number of aromatic nitrogens is 1. The molecular weight excluding hydrogens is 560 g/mol. The van der Waals surface area contributed by atoms with Crippen molar-refractivity contribution >= 4 is 23.7 Å². The molecule has 3 N–H and O–H groups in total. The third-order valence-electron chi connectivity index (χ3n) is 8.97. The van der Waals surface area contributed by atoms with Gasteiger partial charge in [-0.1, -0.05) is 24.3 Å². The van der Waals surface area contributed by atoms with Crippen LogP contribution in [0.1, 0.15) is 58.4 Å². The average Bonchev–Trinajstić information content (AvgIpc) is 3.49. The van der Waals surface area contributed by atoms with Crippen LogP contribution in [-0.4, -0.2) is 64.4 Å². The first-order chi connectivity index (χ1) is 21.3. The van der Waals surface area contributed by atoms with E-state index >= 15 is 0 Å². The van der Waals surface area contributed by atoms with Crippen LogP contribution in [0.15, 0.2) is 60.8 Å². The fourth-order valence-electron chi connectivity index (χ4n) is 6.47. The number of likely N-dealkylation sites (tertiary alicyclic amines) is 1. The minimum atomic E-state index is -1.13. The van der Waals surface area contributed by atoms with Crippen LogP contribution in [0.5, 0.6) is 11.5 Å². The highest BCUT2D eigenvalue weighted by atomic mass is 16.5. The smallest absolute Gasteiger partial charge is 0.326 e. The number of rotatable bonds is 2. The fraction of sp³-hybridized carbons (Fsp3) is 0.382. The van der Waals surface area contributed by atoms with E-state index in [9.17, 15) is 24.3 Å². The first-order valence-corrected chi connectivity index (χ1v) is 15.2. The quantitative estimate of drug-likeness (QED) is 0.412. The molecule has 7 rings (SSSR count). The summed E-state index contributed by atoms with van der Waals surface area (Å²) in [5.74, 6) is -0.640. The number of carboxylic acids is 1. The molecule has 1 saturated heterocycles. The van der Waals surface area contributed by atoms with E-state index in [1.165, 1.54) is 0 Å². The maximum atomic E-state index is 13.8. The zero-order valence-electron chi connectivity index (χ0n) is 24.5. The number of carboxylic acid groups (broad SMARTS) is 1. The van der Waals surface area contributed by atoms with Gasteiger partial charge in [0.05, 0.1) is 11.0 Å². The lowest BCUT2D eigenvalue weighted by Crippen LogP contribution is -2.52. The first-order valence-electron chi connectivity index (χ1n) is 15.2. The van der Waals surface area contributed by atoms with E-state index in [-0.39, 0.29) is 31.2 Å². The summed E-state index contributed by atoms with van der Waals surface area (Å²) in [5, 5.41) is 15.2. The van der Waals surface area contributed by atoms with Gasteiger partial charge in [-0.05, 0) is 85.5 Å². The topological polar surface area (TPSA) is 138 Å². The van der Waals surface area contributed by atoms with Crippen LogP contribution in [-0.2, 0) is 40.1 Å². The maximum absolute atomic E-state index is 13.8. The van der Waals surface area contributed by atoms with Gasteiger partial charge in [-0.3, -0.25) is 19.4 Å². The van der Waals surface area contributed by atoms with Gasteiger partial charge in [0.15, 0.2) is 0 Å². The van der Waals surface area contributed by atoms with E-state index in [4.69, 9.17) is 4.74 Å². The van der Waals surface area contributed by atoms with E-state index in [0.29, 0.717) is 49.4 Å². The van der Waals surface area contributed by atoms with Crippen molar-refractivity contribution in [3.05, 3.63) is 88.7 Å². The lowest BCUT2D eigenvalue weighted by Gasteiger charge is -2.41. The van der Waals surface area contributed by atoms with E-state index < -0.39 is 23.3 Å². The molecule has 3 aromatic rings.